The van der Waals surface area contributed by atoms with Crippen molar-refractivity contribution in [2.45, 2.75) is 38.1 Å². The van der Waals surface area contributed by atoms with E-state index in [0.29, 0.717) is 31.7 Å². The minimum absolute atomic E-state index is 0.188. The molecule has 0 aromatic carbocycles. The number of anilines is 1. The van der Waals surface area contributed by atoms with E-state index in [1.807, 2.05) is 4.90 Å². The molecule has 1 saturated carbocycles. The molecule has 2 fully saturated rings. The predicted octanol–water partition coefficient (Wildman–Crippen LogP) is 1.81. The number of aliphatic hydroxyl groups is 1. The van der Waals surface area contributed by atoms with Crippen LogP contribution in [0.1, 0.15) is 25.5 Å². The summed E-state index contributed by atoms with van der Waals surface area (Å²) in [7, 11) is 0. The van der Waals surface area contributed by atoms with Crippen molar-refractivity contribution in [1.29, 1.82) is 0 Å². The van der Waals surface area contributed by atoms with Gasteiger partial charge in [0, 0.05) is 20.0 Å². The quantitative estimate of drug-likeness (QED) is 0.860. The molecule has 2 N–H and O–H groups in total. The fourth-order valence-electron chi connectivity index (χ4n) is 3.79. The lowest BCUT2D eigenvalue weighted by Crippen LogP contribution is -2.48. The molecular weight excluding hydrogens is 323 g/mol. The number of amides is 1. The van der Waals surface area contributed by atoms with Gasteiger partial charge in [-0.15, -0.1) is 0 Å². The number of carbonyl (C=O) groups is 1. The molecule has 8 heteroatoms. The largest absolute Gasteiger partial charge is 0.433 e. The smallest absolute Gasteiger partial charge is 0.391 e. The van der Waals surface area contributed by atoms with Gasteiger partial charge in [-0.1, -0.05) is 6.07 Å². The monoisotopic (exact) mass is 343 g/mol. The van der Waals surface area contributed by atoms with E-state index >= 15 is 0 Å². The first kappa shape index (κ1) is 17.0. The second-order valence-corrected chi connectivity index (χ2v) is 6.65. The molecule has 1 saturated heterocycles. The molecule has 132 valence electrons. The third kappa shape index (κ3) is 3.48. The Bertz CT molecular complexity index is 623. The predicted molar refractivity (Wildman–Crippen MR) is 81.3 cm³/mol. The summed E-state index contributed by atoms with van der Waals surface area (Å²) in [5.41, 5.74) is -0.897. The van der Waals surface area contributed by atoms with Gasteiger partial charge in [-0.3, -0.25) is 4.79 Å². The van der Waals surface area contributed by atoms with Gasteiger partial charge in [0.1, 0.15) is 11.5 Å². The lowest BCUT2D eigenvalue weighted by Gasteiger charge is -2.35. The van der Waals surface area contributed by atoms with Crippen LogP contribution in [0.2, 0.25) is 0 Å². The van der Waals surface area contributed by atoms with E-state index in [-0.39, 0.29) is 23.8 Å². The summed E-state index contributed by atoms with van der Waals surface area (Å²) >= 11 is 0. The van der Waals surface area contributed by atoms with Crippen LogP contribution in [0.3, 0.4) is 0 Å². The van der Waals surface area contributed by atoms with Crippen LogP contribution in [0.5, 0.6) is 0 Å². The first-order valence-electron chi connectivity index (χ1n) is 7.98. The molecule has 24 heavy (non-hydrogen) atoms. The second-order valence-electron chi connectivity index (χ2n) is 6.65. The molecule has 1 aromatic heterocycles. The molecule has 5 nitrogen and oxygen atoms in total. The number of aromatic nitrogens is 1. The van der Waals surface area contributed by atoms with E-state index in [0.717, 1.165) is 6.07 Å². The zero-order valence-corrected chi connectivity index (χ0v) is 13.3. The summed E-state index contributed by atoms with van der Waals surface area (Å²) in [6.07, 6.45) is -3.93. The van der Waals surface area contributed by atoms with Crippen LogP contribution < -0.4 is 10.2 Å². The van der Waals surface area contributed by atoms with Gasteiger partial charge in [0.25, 0.3) is 0 Å². The van der Waals surface area contributed by atoms with E-state index < -0.39 is 18.0 Å². The SMILES string of the molecule is CC(=O)N[C@@H]1C[C@@H]2CN(c3cccc(C(F)(F)F)n3)C[C@@H]2C[C@H]1O. The van der Waals surface area contributed by atoms with Crippen LogP contribution in [0.4, 0.5) is 19.0 Å². The summed E-state index contributed by atoms with van der Waals surface area (Å²) in [4.78, 5) is 16.8. The van der Waals surface area contributed by atoms with Crippen LogP contribution in [-0.2, 0) is 11.0 Å². The van der Waals surface area contributed by atoms with Gasteiger partial charge in [-0.2, -0.15) is 13.2 Å². The third-order valence-electron chi connectivity index (χ3n) is 4.88. The molecule has 1 amide bonds. The molecule has 0 spiro atoms. The molecule has 0 bridgehead atoms. The molecule has 2 aliphatic rings. The highest BCUT2D eigenvalue weighted by Gasteiger charge is 2.42. The van der Waals surface area contributed by atoms with Crippen molar-refractivity contribution >= 4 is 11.7 Å². The van der Waals surface area contributed by atoms with Crippen LogP contribution >= 0.6 is 0 Å². The second kappa shape index (κ2) is 6.23. The summed E-state index contributed by atoms with van der Waals surface area (Å²) in [6.45, 7) is 2.57. The highest BCUT2D eigenvalue weighted by Crippen LogP contribution is 2.38. The van der Waals surface area contributed by atoms with Crippen molar-refractivity contribution in [3.8, 4) is 0 Å². The summed E-state index contributed by atoms with van der Waals surface area (Å²) in [5.74, 6) is 0.541. The van der Waals surface area contributed by atoms with Crippen LogP contribution in [-0.4, -0.2) is 41.2 Å². The maximum absolute atomic E-state index is 12.8. The molecule has 1 aliphatic carbocycles. The minimum atomic E-state index is -4.46. The van der Waals surface area contributed by atoms with Crippen molar-refractivity contribution in [1.82, 2.24) is 10.3 Å². The maximum atomic E-state index is 12.8. The number of hydrogen-bond acceptors (Lipinski definition) is 4. The topological polar surface area (TPSA) is 65.5 Å². The Kier molecular flexibility index (Phi) is 4.42. The van der Waals surface area contributed by atoms with Gasteiger partial charge in [-0.25, -0.2) is 4.98 Å². The van der Waals surface area contributed by atoms with Gasteiger partial charge >= 0.3 is 6.18 Å². The number of nitrogens with zero attached hydrogens (tertiary/aromatic N) is 2. The first-order chi connectivity index (χ1) is 11.2. The zero-order chi connectivity index (χ0) is 17.5. The number of halogens is 3. The van der Waals surface area contributed by atoms with E-state index in [9.17, 15) is 23.1 Å². The lowest BCUT2D eigenvalue weighted by molar-refractivity contribution is -0.141. The molecule has 1 aromatic rings. The van der Waals surface area contributed by atoms with Gasteiger partial charge in [0.15, 0.2) is 0 Å². The highest BCUT2D eigenvalue weighted by molar-refractivity contribution is 5.73. The Morgan fingerprint density at radius 1 is 1.29 bits per heavy atom. The maximum Gasteiger partial charge on any atom is 0.433 e. The lowest BCUT2D eigenvalue weighted by atomic mass is 9.77. The van der Waals surface area contributed by atoms with E-state index in [1.54, 1.807) is 6.07 Å². The van der Waals surface area contributed by atoms with Gasteiger partial charge in [0.2, 0.25) is 5.91 Å². The number of aliphatic hydroxyl groups excluding tert-OH is 1. The molecule has 4 atom stereocenters. The number of rotatable bonds is 2. The zero-order valence-electron chi connectivity index (χ0n) is 13.3. The fraction of sp³-hybridized carbons (Fsp3) is 0.625. The van der Waals surface area contributed by atoms with Crippen molar-refractivity contribution in [2.24, 2.45) is 11.8 Å². The average molecular weight is 343 g/mol. The Balaban J connectivity index is 1.72. The molecule has 0 radical (unpaired) electrons. The van der Waals surface area contributed by atoms with Crippen LogP contribution in [0, 0.1) is 11.8 Å². The van der Waals surface area contributed by atoms with Crippen LogP contribution in [0.25, 0.3) is 0 Å². The molecule has 1 aliphatic heterocycles. The highest BCUT2D eigenvalue weighted by atomic mass is 19.4. The van der Waals surface area contributed by atoms with E-state index in [4.69, 9.17) is 0 Å². The van der Waals surface area contributed by atoms with Crippen molar-refractivity contribution in [3.05, 3.63) is 23.9 Å². The molecule has 2 heterocycles. The van der Waals surface area contributed by atoms with Gasteiger partial charge < -0.3 is 15.3 Å². The molecule has 0 unspecified atom stereocenters. The number of fused-ring (bicyclic) bond motifs is 1. The Labute approximate surface area is 137 Å². The number of carbonyl (C=O) groups excluding carboxylic acids is 1. The van der Waals surface area contributed by atoms with Crippen molar-refractivity contribution in [3.63, 3.8) is 0 Å². The fourth-order valence-corrected chi connectivity index (χ4v) is 3.79. The Morgan fingerprint density at radius 3 is 2.58 bits per heavy atom. The van der Waals surface area contributed by atoms with Gasteiger partial charge in [-0.05, 0) is 36.8 Å². The minimum Gasteiger partial charge on any atom is -0.391 e. The Morgan fingerprint density at radius 2 is 1.96 bits per heavy atom. The molecule has 3 rings (SSSR count). The van der Waals surface area contributed by atoms with E-state index in [2.05, 4.69) is 10.3 Å². The normalized spacial score (nSPS) is 30.1. The first-order valence-corrected chi connectivity index (χ1v) is 7.98. The Hall–Kier alpha value is -1.83. The number of hydrogen-bond donors (Lipinski definition) is 2. The summed E-state index contributed by atoms with van der Waals surface area (Å²) in [5, 5.41) is 12.9. The third-order valence-corrected chi connectivity index (χ3v) is 4.88. The number of alkyl halides is 3. The standard InChI is InChI=1S/C16H20F3N3O2/c1-9(23)20-12-5-10-7-22(8-11(10)6-13(12)24)15-4-2-3-14(21-15)16(17,18)19/h2-4,10-13,24H,5-8H2,1H3,(H,20,23)/t10-,11+,12-,13-/m1/s1. The number of pyridine rings is 1. The number of nitrogens with one attached hydrogen (secondary N) is 1. The van der Waals surface area contributed by atoms with Crippen molar-refractivity contribution in [2.75, 3.05) is 18.0 Å². The van der Waals surface area contributed by atoms with Gasteiger partial charge in [0.05, 0.1) is 12.1 Å². The van der Waals surface area contributed by atoms with Crippen molar-refractivity contribution < 1.29 is 23.1 Å². The average Bonchev–Trinajstić information content (AvgIpc) is 2.89. The van der Waals surface area contributed by atoms with Crippen LogP contribution in [0.15, 0.2) is 18.2 Å². The summed E-state index contributed by atoms with van der Waals surface area (Å²) < 4.78 is 38.5. The molecular formula is C16H20F3N3O2. The summed E-state index contributed by atoms with van der Waals surface area (Å²) in [6, 6.07) is 3.61. The van der Waals surface area contributed by atoms with E-state index in [1.165, 1.54) is 13.0 Å².